The predicted molar refractivity (Wildman–Crippen MR) is 93.4 cm³/mol. The first-order valence-corrected chi connectivity index (χ1v) is 7.77. The fraction of sp³-hybridized carbons (Fsp3) is 0.150. The van der Waals surface area contributed by atoms with Crippen LogP contribution in [0.25, 0.3) is 16.5 Å². The lowest BCUT2D eigenvalue weighted by Crippen LogP contribution is -2.27. The molecule has 23 heavy (non-hydrogen) atoms. The molecular formula is C20H18N2O. The van der Waals surface area contributed by atoms with Crippen LogP contribution in [0.3, 0.4) is 0 Å². The van der Waals surface area contributed by atoms with Gasteiger partial charge in [-0.2, -0.15) is 0 Å². The summed E-state index contributed by atoms with van der Waals surface area (Å²) in [7, 11) is 3.83. The molecule has 0 aliphatic carbocycles. The van der Waals surface area contributed by atoms with Crippen molar-refractivity contribution >= 4 is 22.4 Å². The molecular weight excluding hydrogens is 284 g/mol. The Morgan fingerprint density at radius 1 is 0.913 bits per heavy atom. The molecule has 1 aliphatic rings. The Bertz CT molecular complexity index is 935. The Morgan fingerprint density at radius 2 is 1.61 bits per heavy atom. The molecule has 0 N–H and O–H groups in total. The molecule has 114 valence electrons. The Labute approximate surface area is 135 Å². The number of nitrogens with zero attached hydrogens (tertiary/aromatic N) is 2. The minimum absolute atomic E-state index is 0.0703. The minimum Gasteiger partial charge on any atom is -0.339 e. The van der Waals surface area contributed by atoms with Gasteiger partial charge in [0.25, 0.3) is 5.91 Å². The second-order valence-electron chi connectivity index (χ2n) is 5.97. The predicted octanol–water partition coefficient (Wildman–Crippen LogP) is 3.70. The molecule has 0 unspecified atom stereocenters. The van der Waals surface area contributed by atoms with Gasteiger partial charge >= 0.3 is 0 Å². The number of fused-ring (bicyclic) bond motifs is 3. The standard InChI is InChI=1S/C20H18N2O/c1-21-13-12-15(14-8-4-3-5-9-14)18-16-10-6-7-11-17(16)22(2)19(18)20(21)23/h3-12H,13H2,1-2H3. The number of benzene rings is 2. The van der Waals surface area contributed by atoms with Crippen LogP contribution >= 0.6 is 0 Å². The molecule has 2 aromatic carbocycles. The summed E-state index contributed by atoms with van der Waals surface area (Å²) >= 11 is 0. The van der Waals surface area contributed by atoms with E-state index < -0.39 is 0 Å². The molecule has 4 rings (SSSR count). The fourth-order valence-electron chi connectivity index (χ4n) is 3.39. The molecule has 0 saturated carbocycles. The second-order valence-corrected chi connectivity index (χ2v) is 5.97. The number of amides is 1. The van der Waals surface area contributed by atoms with Gasteiger partial charge in [0.1, 0.15) is 5.69 Å². The van der Waals surface area contributed by atoms with Crippen LogP contribution in [0, 0.1) is 0 Å². The van der Waals surface area contributed by atoms with Gasteiger partial charge in [0.2, 0.25) is 0 Å². The summed E-state index contributed by atoms with van der Waals surface area (Å²) in [4.78, 5) is 14.6. The van der Waals surface area contributed by atoms with Crippen molar-refractivity contribution in [2.75, 3.05) is 13.6 Å². The zero-order valence-corrected chi connectivity index (χ0v) is 13.3. The van der Waals surface area contributed by atoms with Crippen LogP contribution in [0.15, 0.2) is 60.7 Å². The monoisotopic (exact) mass is 302 g/mol. The Hall–Kier alpha value is -2.81. The maximum absolute atomic E-state index is 12.9. The van der Waals surface area contributed by atoms with E-state index in [1.54, 1.807) is 4.90 Å². The lowest BCUT2D eigenvalue weighted by atomic mass is 9.95. The number of likely N-dealkylation sites (N-methyl/N-ethyl adjacent to an activating group) is 1. The molecule has 1 amide bonds. The van der Waals surface area contributed by atoms with Crippen molar-refractivity contribution in [2.24, 2.45) is 7.05 Å². The van der Waals surface area contributed by atoms with Crippen molar-refractivity contribution < 1.29 is 4.79 Å². The van der Waals surface area contributed by atoms with Gasteiger partial charge in [-0.1, -0.05) is 54.6 Å². The molecule has 0 saturated heterocycles. The number of aryl methyl sites for hydroxylation is 1. The average molecular weight is 302 g/mol. The van der Waals surface area contributed by atoms with Crippen LogP contribution in [-0.2, 0) is 7.05 Å². The molecule has 0 atom stereocenters. The number of aromatic nitrogens is 1. The van der Waals surface area contributed by atoms with Crippen LogP contribution in [0.1, 0.15) is 21.6 Å². The number of carbonyl (C=O) groups is 1. The van der Waals surface area contributed by atoms with Gasteiger partial charge in [0, 0.05) is 37.1 Å². The smallest absolute Gasteiger partial charge is 0.271 e. The van der Waals surface area contributed by atoms with E-state index in [0.29, 0.717) is 6.54 Å². The number of carbonyl (C=O) groups excluding carboxylic acids is 1. The minimum atomic E-state index is 0.0703. The molecule has 1 aromatic heterocycles. The lowest BCUT2D eigenvalue weighted by Gasteiger charge is -2.14. The van der Waals surface area contributed by atoms with Crippen molar-refractivity contribution in [1.82, 2.24) is 9.47 Å². The zero-order chi connectivity index (χ0) is 16.0. The Balaban J connectivity index is 2.11. The van der Waals surface area contributed by atoms with E-state index in [9.17, 15) is 4.79 Å². The second kappa shape index (κ2) is 5.13. The summed E-state index contributed by atoms with van der Waals surface area (Å²) in [6.45, 7) is 0.617. The highest BCUT2D eigenvalue weighted by Crippen LogP contribution is 2.36. The third kappa shape index (κ3) is 2.00. The number of hydrogen-bond acceptors (Lipinski definition) is 1. The fourth-order valence-corrected chi connectivity index (χ4v) is 3.39. The van der Waals surface area contributed by atoms with E-state index in [-0.39, 0.29) is 5.91 Å². The molecule has 1 aliphatic heterocycles. The normalized spacial score (nSPS) is 14.6. The Morgan fingerprint density at radius 3 is 2.39 bits per heavy atom. The molecule has 0 bridgehead atoms. The molecule has 0 radical (unpaired) electrons. The van der Waals surface area contributed by atoms with E-state index in [2.05, 4.69) is 30.3 Å². The number of para-hydroxylation sites is 1. The summed E-state index contributed by atoms with van der Waals surface area (Å²) in [5, 5.41) is 1.13. The number of hydrogen-bond donors (Lipinski definition) is 0. The van der Waals surface area contributed by atoms with Gasteiger partial charge in [-0.25, -0.2) is 0 Å². The van der Waals surface area contributed by atoms with Gasteiger partial charge in [-0.05, 0) is 17.2 Å². The van der Waals surface area contributed by atoms with E-state index in [4.69, 9.17) is 0 Å². The molecule has 0 fully saturated rings. The van der Waals surface area contributed by atoms with Gasteiger partial charge in [0.15, 0.2) is 0 Å². The lowest BCUT2D eigenvalue weighted by molar-refractivity contribution is 0.0803. The first-order chi connectivity index (χ1) is 11.2. The van der Waals surface area contributed by atoms with Gasteiger partial charge in [0.05, 0.1) is 0 Å². The van der Waals surface area contributed by atoms with Crippen molar-refractivity contribution in [3.8, 4) is 0 Å². The summed E-state index contributed by atoms with van der Waals surface area (Å²) in [6, 6.07) is 18.5. The van der Waals surface area contributed by atoms with Crippen LogP contribution in [-0.4, -0.2) is 29.0 Å². The molecule has 2 heterocycles. The summed E-state index contributed by atoms with van der Waals surface area (Å²) in [5.74, 6) is 0.0703. The zero-order valence-electron chi connectivity index (χ0n) is 13.3. The van der Waals surface area contributed by atoms with Gasteiger partial charge < -0.3 is 9.47 Å². The highest BCUT2D eigenvalue weighted by molar-refractivity contribution is 6.10. The maximum Gasteiger partial charge on any atom is 0.271 e. The van der Waals surface area contributed by atoms with Gasteiger partial charge in [-0.15, -0.1) is 0 Å². The topological polar surface area (TPSA) is 25.2 Å². The maximum atomic E-state index is 12.9. The molecule has 3 heteroatoms. The van der Waals surface area contributed by atoms with E-state index in [1.165, 1.54) is 0 Å². The quantitative estimate of drug-likeness (QED) is 0.673. The summed E-state index contributed by atoms with van der Waals surface area (Å²) in [5.41, 5.74) is 5.18. The van der Waals surface area contributed by atoms with E-state index in [1.807, 2.05) is 49.0 Å². The van der Waals surface area contributed by atoms with Gasteiger partial charge in [-0.3, -0.25) is 4.79 Å². The highest BCUT2D eigenvalue weighted by Gasteiger charge is 2.28. The van der Waals surface area contributed by atoms with Crippen molar-refractivity contribution in [2.45, 2.75) is 0 Å². The van der Waals surface area contributed by atoms with E-state index >= 15 is 0 Å². The third-order valence-electron chi connectivity index (χ3n) is 4.58. The molecule has 3 nitrogen and oxygen atoms in total. The summed E-state index contributed by atoms with van der Waals surface area (Å²) in [6.07, 6.45) is 2.16. The molecule has 0 spiro atoms. The first kappa shape index (κ1) is 13.8. The van der Waals surface area contributed by atoms with Crippen LogP contribution in [0.5, 0.6) is 0 Å². The van der Waals surface area contributed by atoms with Crippen LogP contribution in [0.4, 0.5) is 0 Å². The van der Waals surface area contributed by atoms with Crippen LogP contribution < -0.4 is 0 Å². The highest BCUT2D eigenvalue weighted by atomic mass is 16.2. The SMILES string of the molecule is CN1CC=C(c2ccccc2)c2c(n(C)c3ccccc23)C1=O. The van der Waals surface area contributed by atoms with Crippen molar-refractivity contribution in [1.29, 1.82) is 0 Å². The van der Waals surface area contributed by atoms with Crippen molar-refractivity contribution in [3.63, 3.8) is 0 Å². The van der Waals surface area contributed by atoms with Crippen LogP contribution in [0.2, 0.25) is 0 Å². The largest absolute Gasteiger partial charge is 0.339 e. The summed E-state index contributed by atoms with van der Waals surface area (Å²) < 4.78 is 2.02. The number of rotatable bonds is 1. The third-order valence-corrected chi connectivity index (χ3v) is 4.58. The van der Waals surface area contributed by atoms with E-state index in [0.717, 1.165) is 33.3 Å². The first-order valence-electron chi connectivity index (χ1n) is 7.77. The van der Waals surface area contributed by atoms with Crippen molar-refractivity contribution in [3.05, 3.63) is 77.5 Å². The molecule has 3 aromatic rings. The average Bonchev–Trinajstić information content (AvgIpc) is 2.81. The Kier molecular flexibility index (Phi) is 3.08.